The minimum Gasteiger partial charge on any atom is -0.370 e. The van der Waals surface area contributed by atoms with Gasteiger partial charge in [0.1, 0.15) is 0 Å². The van der Waals surface area contributed by atoms with E-state index in [9.17, 15) is 4.79 Å². The van der Waals surface area contributed by atoms with Crippen LogP contribution in [0.3, 0.4) is 0 Å². The van der Waals surface area contributed by atoms with E-state index in [1.807, 2.05) is 0 Å². The number of carbonyl (C=O) groups excluding carboxylic acids is 1. The third kappa shape index (κ3) is 4.36. The van der Waals surface area contributed by atoms with Crippen molar-refractivity contribution >= 4 is 5.91 Å². The fourth-order valence-corrected chi connectivity index (χ4v) is 10.1. The van der Waals surface area contributed by atoms with Gasteiger partial charge in [-0.3, -0.25) is 4.79 Å². The third-order valence-corrected chi connectivity index (χ3v) is 11.6. The van der Waals surface area contributed by atoms with Crippen LogP contribution in [-0.4, -0.2) is 32.7 Å². The van der Waals surface area contributed by atoms with Gasteiger partial charge < -0.3 is 19.9 Å². The van der Waals surface area contributed by atoms with Gasteiger partial charge in [-0.25, -0.2) is 0 Å². The molecule has 0 aliphatic heterocycles. The summed E-state index contributed by atoms with van der Waals surface area (Å²) in [6.07, 6.45) is 13.4. The fourth-order valence-electron chi connectivity index (χ4n) is 10.1. The molecule has 0 aromatic rings. The Morgan fingerprint density at radius 3 is 2.32 bits per heavy atom. The van der Waals surface area contributed by atoms with Gasteiger partial charge in [-0.05, 0) is 97.2 Å². The molecule has 0 unspecified atom stereocenters. The highest BCUT2D eigenvalue weighted by molar-refractivity contribution is 5.73. The summed E-state index contributed by atoms with van der Waals surface area (Å²) < 4.78 is 18.0. The monoisotopic (exact) mass is 477 g/mol. The van der Waals surface area contributed by atoms with Crippen LogP contribution in [0.2, 0.25) is 0 Å². The average Bonchev–Trinajstić information content (AvgIpc) is 3.17. The van der Waals surface area contributed by atoms with Crippen molar-refractivity contribution in [3.05, 3.63) is 0 Å². The van der Waals surface area contributed by atoms with E-state index in [0.29, 0.717) is 46.8 Å². The fraction of sp³-hybridized carbons (Fsp3) is 0.966. The van der Waals surface area contributed by atoms with E-state index in [2.05, 4.69) is 27.7 Å². The van der Waals surface area contributed by atoms with Crippen molar-refractivity contribution in [1.29, 1.82) is 0 Å². The smallest absolute Gasteiger partial charge is 0.271 e. The van der Waals surface area contributed by atoms with E-state index in [-0.39, 0.29) is 12.0 Å². The molecule has 4 saturated carbocycles. The molecule has 10 atom stereocenters. The number of rotatable bonds is 9. The number of nitrogens with two attached hydrogens (primary N) is 1. The number of amides is 1. The molecule has 0 heterocycles. The lowest BCUT2D eigenvalue weighted by Gasteiger charge is -2.65. The molecule has 4 aliphatic rings. The number of primary amides is 1. The summed E-state index contributed by atoms with van der Waals surface area (Å²) in [5.74, 6) is 4.28. The van der Waals surface area contributed by atoms with Crippen molar-refractivity contribution < 1.29 is 19.0 Å². The second kappa shape index (κ2) is 10.4. The molecule has 196 valence electrons. The van der Waals surface area contributed by atoms with E-state index >= 15 is 0 Å². The molecular weight excluding hydrogens is 426 g/mol. The Morgan fingerprint density at radius 2 is 1.68 bits per heavy atom. The van der Waals surface area contributed by atoms with Crippen molar-refractivity contribution in [1.82, 2.24) is 0 Å². The van der Waals surface area contributed by atoms with Crippen molar-refractivity contribution in [2.24, 2.45) is 58.0 Å². The SMILES string of the molecule is CC[C@H]1[C@@H](OC(OC)OC)[C@@H]2[C@H](CC[C@]3(C)[C@@H]([C@H](C)CCC(N)=O)CC[C@@H]23)[C@@]2(C)CCCC[C@@H]12. The highest BCUT2D eigenvalue weighted by atomic mass is 16.8. The van der Waals surface area contributed by atoms with Crippen molar-refractivity contribution in [3.63, 3.8) is 0 Å². The standard InChI is InChI=1S/C29H51NO4/c1-7-19-21-10-8-9-16-28(21,3)23-15-17-29(4)20(18(2)11-14-24(30)31)12-13-22(29)25(23)26(19)34-27(32-5)33-6/h18-23,25-27H,7-17H2,1-6H3,(H2,30,31)/t18-,19-,20-,21+,22+,23+,25+,26-,28+,29-/m1/s1. The van der Waals surface area contributed by atoms with Crippen LogP contribution in [0.1, 0.15) is 98.3 Å². The predicted octanol–water partition coefficient (Wildman–Crippen LogP) is 6.14. The highest BCUT2D eigenvalue weighted by Gasteiger charge is 2.65. The predicted molar refractivity (Wildman–Crippen MR) is 135 cm³/mol. The van der Waals surface area contributed by atoms with Crippen LogP contribution in [-0.2, 0) is 19.0 Å². The van der Waals surface area contributed by atoms with Gasteiger partial charge in [0, 0.05) is 20.6 Å². The number of methoxy groups -OCH3 is 2. The molecule has 0 aromatic carbocycles. The van der Waals surface area contributed by atoms with Crippen LogP contribution in [0.15, 0.2) is 0 Å². The summed E-state index contributed by atoms with van der Waals surface area (Å²) in [5, 5.41) is 0. The maximum absolute atomic E-state index is 11.5. The van der Waals surface area contributed by atoms with Gasteiger partial charge >= 0.3 is 0 Å². The van der Waals surface area contributed by atoms with Crippen molar-refractivity contribution in [2.75, 3.05) is 14.2 Å². The highest BCUT2D eigenvalue weighted by Crippen LogP contribution is 2.70. The molecule has 4 fully saturated rings. The van der Waals surface area contributed by atoms with Crippen LogP contribution in [0, 0.1) is 52.3 Å². The Hall–Kier alpha value is -0.650. The largest absolute Gasteiger partial charge is 0.370 e. The molecule has 2 N–H and O–H groups in total. The molecule has 0 radical (unpaired) electrons. The number of ether oxygens (including phenoxy) is 3. The molecular formula is C29H51NO4. The quantitative estimate of drug-likeness (QED) is 0.405. The van der Waals surface area contributed by atoms with E-state index in [1.54, 1.807) is 14.2 Å². The van der Waals surface area contributed by atoms with E-state index in [4.69, 9.17) is 19.9 Å². The zero-order chi connectivity index (χ0) is 24.7. The van der Waals surface area contributed by atoms with Crippen LogP contribution in [0.25, 0.3) is 0 Å². The van der Waals surface area contributed by atoms with Crippen molar-refractivity contribution in [2.45, 2.75) is 111 Å². The van der Waals surface area contributed by atoms with Gasteiger partial charge in [-0.2, -0.15) is 0 Å². The second-order valence-electron chi connectivity index (χ2n) is 12.8. The van der Waals surface area contributed by atoms with E-state index < -0.39 is 6.48 Å². The molecule has 0 bridgehead atoms. The first-order valence-electron chi connectivity index (χ1n) is 14.2. The van der Waals surface area contributed by atoms with Gasteiger partial charge in [0.15, 0.2) is 0 Å². The molecule has 5 nitrogen and oxygen atoms in total. The lowest BCUT2D eigenvalue weighted by atomic mass is 9.41. The van der Waals surface area contributed by atoms with E-state index in [0.717, 1.165) is 24.7 Å². The molecule has 0 saturated heterocycles. The Balaban J connectivity index is 1.68. The molecule has 5 heteroatoms. The van der Waals surface area contributed by atoms with Gasteiger partial charge in [-0.1, -0.05) is 47.0 Å². The normalized spacial score (nSPS) is 44.9. The first-order chi connectivity index (χ1) is 16.2. The minimum absolute atomic E-state index is 0.164. The second-order valence-corrected chi connectivity index (χ2v) is 12.8. The molecule has 1 amide bonds. The molecule has 34 heavy (non-hydrogen) atoms. The topological polar surface area (TPSA) is 70.8 Å². The maximum atomic E-state index is 11.5. The zero-order valence-corrected chi connectivity index (χ0v) is 22.7. The molecule has 0 spiro atoms. The van der Waals surface area contributed by atoms with Gasteiger partial charge in [0.25, 0.3) is 6.48 Å². The minimum atomic E-state index is -0.590. The molecule has 4 rings (SSSR count). The van der Waals surface area contributed by atoms with Crippen LogP contribution in [0.4, 0.5) is 0 Å². The Kier molecular flexibility index (Phi) is 8.06. The van der Waals surface area contributed by atoms with Crippen LogP contribution in [0.5, 0.6) is 0 Å². The van der Waals surface area contributed by atoms with Gasteiger partial charge in [0.05, 0.1) is 6.10 Å². The summed E-state index contributed by atoms with van der Waals surface area (Å²) in [4.78, 5) is 11.5. The zero-order valence-electron chi connectivity index (χ0n) is 22.7. The van der Waals surface area contributed by atoms with Crippen LogP contribution < -0.4 is 5.73 Å². The molecule has 0 aromatic heterocycles. The molecule has 4 aliphatic carbocycles. The lowest BCUT2D eigenvalue weighted by Crippen LogP contribution is -2.62. The number of carbonyl (C=O) groups is 1. The summed E-state index contributed by atoms with van der Waals surface area (Å²) in [5.41, 5.74) is 6.25. The Morgan fingerprint density at radius 1 is 0.971 bits per heavy atom. The summed E-state index contributed by atoms with van der Waals surface area (Å²) in [7, 11) is 3.38. The van der Waals surface area contributed by atoms with Crippen LogP contribution >= 0.6 is 0 Å². The number of fused-ring (bicyclic) bond motifs is 5. The van der Waals surface area contributed by atoms with Gasteiger partial charge in [0.2, 0.25) is 5.91 Å². The lowest BCUT2D eigenvalue weighted by molar-refractivity contribution is -0.325. The van der Waals surface area contributed by atoms with E-state index in [1.165, 1.54) is 51.4 Å². The average molecular weight is 478 g/mol. The van der Waals surface area contributed by atoms with Crippen molar-refractivity contribution in [3.8, 4) is 0 Å². The number of hydrogen-bond acceptors (Lipinski definition) is 4. The summed E-state index contributed by atoms with van der Waals surface area (Å²) in [6.45, 7) is 9.36. The Bertz CT molecular complexity index is 710. The first kappa shape index (κ1) is 26.4. The summed E-state index contributed by atoms with van der Waals surface area (Å²) in [6, 6.07) is 0. The number of hydrogen-bond donors (Lipinski definition) is 1. The van der Waals surface area contributed by atoms with Gasteiger partial charge in [-0.15, -0.1) is 0 Å². The third-order valence-electron chi connectivity index (χ3n) is 11.6. The maximum Gasteiger partial charge on any atom is 0.271 e. The summed E-state index contributed by atoms with van der Waals surface area (Å²) >= 11 is 0. The first-order valence-corrected chi connectivity index (χ1v) is 14.2. The Labute approximate surface area is 208 Å².